The fourth-order valence-electron chi connectivity index (χ4n) is 2.83. The third-order valence-corrected chi connectivity index (χ3v) is 3.91. The molecule has 0 spiro atoms. The minimum absolute atomic E-state index is 0.0507. The van der Waals surface area contributed by atoms with Crippen LogP contribution in [0, 0.1) is 0 Å². The summed E-state index contributed by atoms with van der Waals surface area (Å²) in [6, 6.07) is 8.51. The normalized spacial score (nSPS) is 16.9. The first-order valence-electron chi connectivity index (χ1n) is 6.76. The second-order valence-corrected chi connectivity index (χ2v) is 5.23. The average Bonchev–Trinajstić information content (AvgIpc) is 3.04. The molecule has 0 radical (unpaired) electrons. The summed E-state index contributed by atoms with van der Waals surface area (Å²) in [6.45, 7) is 0.229. The zero-order valence-electron chi connectivity index (χ0n) is 11.5. The average molecular weight is 270 g/mol. The van der Waals surface area contributed by atoms with E-state index in [1.807, 2.05) is 18.0 Å². The summed E-state index contributed by atoms with van der Waals surface area (Å²) in [5.41, 5.74) is 8.80. The Hall–Kier alpha value is -2.30. The number of aryl methyl sites for hydroxylation is 1. The number of aromatic nitrogens is 2. The molecule has 0 fully saturated rings. The van der Waals surface area contributed by atoms with Gasteiger partial charge < -0.3 is 10.6 Å². The Bertz CT molecular complexity index is 634. The lowest BCUT2D eigenvalue weighted by molar-refractivity contribution is -0.132. The lowest BCUT2D eigenvalue weighted by Crippen LogP contribution is -2.33. The number of benzene rings is 1. The minimum Gasteiger partial charge on any atom is -0.396 e. The van der Waals surface area contributed by atoms with Gasteiger partial charge in [0.05, 0.1) is 17.9 Å². The molecule has 1 amide bonds. The molecule has 1 atom stereocenters. The SMILES string of the molecule is CN(C(=O)Cn1cc(N)cn1)C1CCc2ccccc21. The van der Waals surface area contributed by atoms with Gasteiger partial charge in [0, 0.05) is 13.2 Å². The molecule has 2 N–H and O–H groups in total. The number of carbonyl (C=O) groups is 1. The van der Waals surface area contributed by atoms with E-state index >= 15 is 0 Å². The molecule has 0 saturated carbocycles. The lowest BCUT2D eigenvalue weighted by Gasteiger charge is -2.25. The Kier molecular flexibility index (Phi) is 3.18. The zero-order valence-corrected chi connectivity index (χ0v) is 11.5. The van der Waals surface area contributed by atoms with Crippen molar-refractivity contribution in [3.05, 3.63) is 47.8 Å². The fourth-order valence-corrected chi connectivity index (χ4v) is 2.83. The van der Waals surface area contributed by atoms with Crippen LogP contribution in [-0.2, 0) is 17.8 Å². The molecule has 1 aromatic carbocycles. The number of nitrogens with two attached hydrogens (primary N) is 1. The number of hydrogen-bond acceptors (Lipinski definition) is 3. The number of nitrogen functional groups attached to an aromatic ring is 1. The van der Waals surface area contributed by atoms with Gasteiger partial charge in [-0.3, -0.25) is 9.48 Å². The van der Waals surface area contributed by atoms with E-state index in [4.69, 9.17) is 5.73 Å². The molecule has 104 valence electrons. The van der Waals surface area contributed by atoms with Crippen LogP contribution in [0.25, 0.3) is 0 Å². The Labute approximate surface area is 118 Å². The highest BCUT2D eigenvalue weighted by Crippen LogP contribution is 2.34. The zero-order chi connectivity index (χ0) is 14.1. The number of likely N-dealkylation sites (N-methyl/N-ethyl adjacent to an activating group) is 1. The summed E-state index contributed by atoms with van der Waals surface area (Å²) in [5.74, 6) is 0.0507. The molecular formula is C15H18N4O. The monoisotopic (exact) mass is 270 g/mol. The summed E-state index contributed by atoms with van der Waals surface area (Å²) < 4.78 is 1.58. The third kappa shape index (κ3) is 2.27. The number of anilines is 1. The van der Waals surface area contributed by atoms with Gasteiger partial charge in [0.25, 0.3) is 0 Å². The van der Waals surface area contributed by atoms with Gasteiger partial charge in [-0.15, -0.1) is 0 Å². The Morgan fingerprint density at radius 3 is 3.05 bits per heavy atom. The van der Waals surface area contributed by atoms with Crippen molar-refractivity contribution in [2.45, 2.75) is 25.4 Å². The molecule has 0 saturated heterocycles. The number of amides is 1. The Morgan fingerprint density at radius 1 is 1.50 bits per heavy atom. The van der Waals surface area contributed by atoms with E-state index in [2.05, 4.69) is 23.3 Å². The molecule has 5 heteroatoms. The van der Waals surface area contributed by atoms with Gasteiger partial charge in [0.1, 0.15) is 6.54 Å². The van der Waals surface area contributed by atoms with Gasteiger partial charge in [-0.1, -0.05) is 24.3 Å². The van der Waals surface area contributed by atoms with Gasteiger partial charge in [-0.05, 0) is 24.0 Å². The first-order chi connectivity index (χ1) is 9.65. The first kappa shape index (κ1) is 12.7. The van der Waals surface area contributed by atoms with Crippen LogP contribution in [0.15, 0.2) is 36.7 Å². The van der Waals surface area contributed by atoms with Gasteiger partial charge in [0.2, 0.25) is 5.91 Å². The maximum Gasteiger partial charge on any atom is 0.244 e. The van der Waals surface area contributed by atoms with Crippen molar-refractivity contribution in [3.8, 4) is 0 Å². The molecule has 1 heterocycles. The standard InChI is InChI=1S/C15H18N4O/c1-18(15(20)10-19-9-12(16)8-17-19)14-7-6-11-4-2-3-5-13(11)14/h2-5,8-9,14H,6-7,10,16H2,1H3. The van der Waals surface area contributed by atoms with E-state index in [1.165, 1.54) is 11.1 Å². The van der Waals surface area contributed by atoms with Crippen molar-refractivity contribution in [1.29, 1.82) is 0 Å². The van der Waals surface area contributed by atoms with E-state index in [-0.39, 0.29) is 18.5 Å². The molecule has 5 nitrogen and oxygen atoms in total. The summed E-state index contributed by atoms with van der Waals surface area (Å²) >= 11 is 0. The summed E-state index contributed by atoms with van der Waals surface area (Å²) in [6.07, 6.45) is 5.25. The molecule has 20 heavy (non-hydrogen) atoms. The smallest absolute Gasteiger partial charge is 0.244 e. The largest absolute Gasteiger partial charge is 0.396 e. The molecule has 0 bridgehead atoms. The predicted octanol–water partition coefficient (Wildman–Crippen LogP) is 1.61. The van der Waals surface area contributed by atoms with E-state index < -0.39 is 0 Å². The van der Waals surface area contributed by atoms with Crippen LogP contribution in [0.1, 0.15) is 23.6 Å². The van der Waals surface area contributed by atoms with Crippen LogP contribution in [-0.4, -0.2) is 27.6 Å². The Balaban J connectivity index is 1.73. The highest BCUT2D eigenvalue weighted by molar-refractivity contribution is 5.76. The van der Waals surface area contributed by atoms with Crippen molar-refractivity contribution in [3.63, 3.8) is 0 Å². The van der Waals surface area contributed by atoms with Crippen molar-refractivity contribution in [2.75, 3.05) is 12.8 Å². The van der Waals surface area contributed by atoms with Crippen LogP contribution in [0.4, 0.5) is 5.69 Å². The summed E-state index contributed by atoms with van der Waals surface area (Å²) in [7, 11) is 1.86. The second kappa shape index (κ2) is 5.00. The lowest BCUT2D eigenvalue weighted by atomic mass is 10.1. The summed E-state index contributed by atoms with van der Waals surface area (Å²) in [4.78, 5) is 14.2. The van der Waals surface area contributed by atoms with Gasteiger partial charge >= 0.3 is 0 Å². The number of fused-ring (bicyclic) bond motifs is 1. The number of carbonyl (C=O) groups excluding carboxylic acids is 1. The quantitative estimate of drug-likeness (QED) is 0.921. The fraction of sp³-hybridized carbons (Fsp3) is 0.333. The summed E-state index contributed by atoms with van der Waals surface area (Å²) in [5, 5.41) is 4.05. The maximum atomic E-state index is 12.3. The molecule has 3 rings (SSSR count). The highest BCUT2D eigenvalue weighted by Gasteiger charge is 2.28. The van der Waals surface area contributed by atoms with Crippen LogP contribution >= 0.6 is 0 Å². The maximum absolute atomic E-state index is 12.3. The number of nitrogens with zero attached hydrogens (tertiary/aromatic N) is 3. The van der Waals surface area contributed by atoms with Crippen LogP contribution in [0.3, 0.4) is 0 Å². The van der Waals surface area contributed by atoms with E-state index in [0.717, 1.165) is 12.8 Å². The third-order valence-electron chi connectivity index (χ3n) is 3.91. The molecular weight excluding hydrogens is 252 g/mol. The highest BCUT2D eigenvalue weighted by atomic mass is 16.2. The van der Waals surface area contributed by atoms with Crippen molar-refractivity contribution in [2.24, 2.45) is 0 Å². The minimum atomic E-state index is 0.0507. The molecule has 1 aliphatic rings. The topological polar surface area (TPSA) is 64.2 Å². The van der Waals surface area contributed by atoms with Crippen molar-refractivity contribution >= 4 is 11.6 Å². The molecule has 2 aromatic rings. The van der Waals surface area contributed by atoms with Gasteiger partial charge in [-0.2, -0.15) is 5.10 Å². The predicted molar refractivity (Wildman–Crippen MR) is 76.9 cm³/mol. The van der Waals surface area contributed by atoms with E-state index in [9.17, 15) is 4.79 Å². The van der Waals surface area contributed by atoms with Crippen molar-refractivity contribution < 1.29 is 4.79 Å². The van der Waals surface area contributed by atoms with Crippen LogP contribution < -0.4 is 5.73 Å². The molecule has 1 aromatic heterocycles. The Morgan fingerprint density at radius 2 is 2.30 bits per heavy atom. The van der Waals surface area contributed by atoms with Gasteiger partial charge in [-0.25, -0.2) is 0 Å². The van der Waals surface area contributed by atoms with Gasteiger partial charge in [0.15, 0.2) is 0 Å². The van der Waals surface area contributed by atoms with Crippen LogP contribution in [0.5, 0.6) is 0 Å². The van der Waals surface area contributed by atoms with Crippen LogP contribution in [0.2, 0.25) is 0 Å². The second-order valence-electron chi connectivity index (χ2n) is 5.23. The first-order valence-corrected chi connectivity index (χ1v) is 6.76. The number of rotatable bonds is 3. The van der Waals surface area contributed by atoms with E-state index in [1.54, 1.807) is 17.1 Å². The molecule has 1 unspecified atom stereocenters. The molecule has 1 aliphatic carbocycles. The molecule has 0 aliphatic heterocycles. The number of hydrogen-bond donors (Lipinski definition) is 1. The van der Waals surface area contributed by atoms with Crippen molar-refractivity contribution in [1.82, 2.24) is 14.7 Å². The van der Waals surface area contributed by atoms with E-state index in [0.29, 0.717) is 5.69 Å².